The van der Waals surface area contributed by atoms with Gasteiger partial charge in [-0.2, -0.15) is 5.26 Å². The number of carbonyl (C=O) groups is 1. The lowest BCUT2D eigenvalue weighted by Crippen LogP contribution is -2.45. The van der Waals surface area contributed by atoms with E-state index in [0.29, 0.717) is 5.92 Å². The zero-order valence-electron chi connectivity index (χ0n) is 12.7. The highest BCUT2D eigenvalue weighted by Crippen LogP contribution is 2.36. The van der Waals surface area contributed by atoms with Gasteiger partial charge in [0.1, 0.15) is 5.41 Å². The second-order valence-corrected chi connectivity index (χ2v) is 6.45. The number of amides is 1. The number of nitrogens with one attached hydrogen (secondary N) is 1. The van der Waals surface area contributed by atoms with Crippen LogP contribution in [-0.4, -0.2) is 11.9 Å². The van der Waals surface area contributed by atoms with Crippen molar-refractivity contribution in [3.05, 3.63) is 0 Å². The molecule has 1 fully saturated rings. The van der Waals surface area contributed by atoms with E-state index in [2.05, 4.69) is 25.2 Å². The highest BCUT2D eigenvalue weighted by atomic mass is 16.2. The molecule has 3 heteroatoms. The summed E-state index contributed by atoms with van der Waals surface area (Å²) in [7, 11) is 0. The first-order valence-corrected chi connectivity index (χ1v) is 7.72. The second kappa shape index (κ2) is 7.53. The quantitative estimate of drug-likeness (QED) is 0.793. The molecule has 0 aromatic heterocycles. The standard InChI is InChI=1S/C16H28N2O/c1-13(2)8-7-9-14(3)18-15(19)16(12-17)10-5-4-6-11-16/h13-14H,4-11H2,1-3H3,(H,18,19). The van der Waals surface area contributed by atoms with Gasteiger partial charge < -0.3 is 5.32 Å². The minimum Gasteiger partial charge on any atom is -0.352 e. The summed E-state index contributed by atoms with van der Waals surface area (Å²) in [6.45, 7) is 6.48. The molecule has 0 radical (unpaired) electrons. The number of carbonyl (C=O) groups excluding carboxylic acids is 1. The van der Waals surface area contributed by atoms with Crippen LogP contribution >= 0.6 is 0 Å². The average Bonchev–Trinajstić information content (AvgIpc) is 2.39. The molecular weight excluding hydrogens is 236 g/mol. The molecule has 1 unspecified atom stereocenters. The fourth-order valence-electron chi connectivity index (χ4n) is 2.81. The van der Waals surface area contributed by atoms with Crippen LogP contribution in [0.2, 0.25) is 0 Å². The van der Waals surface area contributed by atoms with Crippen molar-refractivity contribution in [2.75, 3.05) is 0 Å². The van der Waals surface area contributed by atoms with Crippen molar-refractivity contribution < 1.29 is 4.79 Å². The third-order valence-corrected chi connectivity index (χ3v) is 4.15. The van der Waals surface area contributed by atoms with Crippen molar-refractivity contribution in [3.8, 4) is 6.07 Å². The molecule has 0 bridgehead atoms. The van der Waals surface area contributed by atoms with Gasteiger partial charge in [-0.25, -0.2) is 0 Å². The summed E-state index contributed by atoms with van der Waals surface area (Å²) in [5.74, 6) is 0.679. The Morgan fingerprint density at radius 3 is 2.37 bits per heavy atom. The third kappa shape index (κ3) is 4.86. The smallest absolute Gasteiger partial charge is 0.240 e. The van der Waals surface area contributed by atoms with E-state index in [1.54, 1.807) is 0 Å². The van der Waals surface area contributed by atoms with Crippen LogP contribution in [0.5, 0.6) is 0 Å². The lowest BCUT2D eigenvalue weighted by atomic mass is 9.74. The van der Waals surface area contributed by atoms with Gasteiger partial charge in [-0.3, -0.25) is 4.79 Å². The molecule has 0 saturated heterocycles. The van der Waals surface area contributed by atoms with E-state index in [1.807, 2.05) is 6.92 Å². The largest absolute Gasteiger partial charge is 0.352 e. The lowest BCUT2D eigenvalue weighted by Gasteiger charge is -2.30. The van der Waals surface area contributed by atoms with Crippen LogP contribution in [-0.2, 0) is 4.79 Å². The van der Waals surface area contributed by atoms with E-state index in [0.717, 1.165) is 44.9 Å². The average molecular weight is 264 g/mol. The minimum atomic E-state index is -0.745. The summed E-state index contributed by atoms with van der Waals surface area (Å²) in [5, 5.41) is 12.4. The van der Waals surface area contributed by atoms with Crippen LogP contribution in [0.3, 0.4) is 0 Å². The molecule has 0 aromatic carbocycles. The normalized spacial score (nSPS) is 19.7. The van der Waals surface area contributed by atoms with Crippen LogP contribution in [0.15, 0.2) is 0 Å². The fourth-order valence-corrected chi connectivity index (χ4v) is 2.81. The van der Waals surface area contributed by atoms with Gasteiger partial charge in [-0.1, -0.05) is 46.0 Å². The molecule has 0 aromatic rings. The molecule has 0 spiro atoms. The number of hydrogen-bond donors (Lipinski definition) is 1. The number of hydrogen-bond acceptors (Lipinski definition) is 2. The van der Waals surface area contributed by atoms with Crippen LogP contribution in [0, 0.1) is 22.7 Å². The molecule has 1 rings (SSSR count). The van der Waals surface area contributed by atoms with Crippen LogP contribution < -0.4 is 5.32 Å². The van der Waals surface area contributed by atoms with Crippen LogP contribution in [0.4, 0.5) is 0 Å². The molecule has 1 amide bonds. The zero-order valence-corrected chi connectivity index (χ0v) is 12.7. The first-order chi connectivity index (χ1) is 9.00. The van der Waals surface area contributed by atoms with Gasteiger partial charge in [0.25, 0.3) is 0 Å². The molecule has 0 aliphatic heterocycles. The molecule has 3 nitrogen and oxygen atoms in total. The topological polar surface area (TPSA) is 52.9 Å². The van der Waals surface area contributed by atoms with Gasteiger partial charge in [0, 0.05) is 6.04 Å². The van der Waals surface area contributed by atoms with Crippen LogP contribution in [0.25, 0.3) is 0 Å². The van der Waals surface area contributed by atoms with Crippen molar-refractivity contribution >= 4 is 5.91 Å². The van der Waals surface area contributed by atoms with Gasteiger partial charge in [0.05, 0.1) is 6.07 Å². The Kier molecular flexibility index (Phi) is 6.34. The van der Waals surface area contributed by atoms with Gasteiger partial charge >= 0.3 is 0 Å². The van der Waals surface area contributed by atoms with E-state index < -0.39 is 5.41 Å². The van der Waals surface area contributed by atoms with E-state index in [9.17, 15) is 10.1 Å². The molecule has 1 N–H and O–H groups in total. The molecule has 1 aliphatic carbocycles. The Bertz CT molecular complexity index is 324. The van der Waals surface area contributed by atoms with E-state index in [4.69, 9.17) is 0 Å². The van der Waals surface area contributed by atoms with Crippen LogP contribution in [0.1, 0.15) is 72.1 Å². The maximum absolute atomic E-state index is 12.3. The monoisotopic (exact) mass is 264 g/mol. The summed E-state index contributed by atoms with van der Waals surface area (Å²) < 4.78 is 0. The van der Waals surface area contributed by atoms with Gasteiger partial charge in [-0.05, 0) is 32.1 Å². The number of rotatable bonds is 6. The van der Waals surface area contributed by atoms with Crippen molar-refractivity contribution in [3.63, 3.8) is 0 Å². The number of nitrogens with zero attached hydrogens (tertiary/aromatic N) is 1. The third-order valence-electron chi connectivity index (χ3n) is 4.15. The highest BCUT2D eigenvalue weighted by molar-refractivity contribution is 5.85. The second-order valence-electron chi connectivity index (χ2n) is 6.45. The Morgan fingerprint density at radius 1 is 1.21 bits per heavy atom. The van der Waals surface area contributed by atoms with Gasteiger partial charge in [-0.15, -0.1) is 0 Å². The number of nitriles is 1. The Hall–Kier alpha value is -1.04. The maximum atomic E-state index is 12.3. The molecule has 19 heavy (non-hydrogen) atoms. The fraction of sp³-hybridized carbons (Fsp3) is 0.875. The van der Waals surface area contributed by atoms with Crippen molar-refractivity contribution in [2.45, 2.75) is 78.2 Å². The molecule has 1 saturated carbocycles. The molecule has 0 heterocycles. The molecule has 1 aliphatic rings. The predicted molar refractivity (Wildman–Crippen MR) is 77.4 cm³/mol. The summed E-state index contributed by atoms with van der Waals surface area (Å²) in [6.07, 6.45) is 7.96. The lowest BCUT2D eigenvalue weighted by molar-refractivity contribution is -0.130. The Morgan fingerprint density at radius 2 is 1.84 bits per heavy atom. The maximum Gasteiger partial charge on any atom is 0.240 e. The summed E-state index contributed by atoms with van der Waals surface area (Å²) in [4.78, 5) is 12.3. The van der Waals surface area contributed by atoms with Crippen molar-refractivity contribution in [1.29, 1.82) is 5.26 Å². The predicted octanol–water partition coefficient (Wildman–Crippen LogP) is 3.79. The van der Waals surface area contributed by atoms with E-state index in [1.165, 1.54) is 6.42 Å². The van der Waals surface area contributed by atoms with E-state index >= 15 is 0 Å². The Labute approximate surface area is 117 Å². The highest BCUT2D eigenvalue weighted by Gasteiger charge is 2.40. The minimum absolute atomic E-state index is 0.0354. The van der Waals surface area contributed by atoms with Crippen molar-refractivity contribution in [1.82, 2.24) is 5.32 Å². The SMILES string of the molecule is CC(C)CCCC(C)NC(=O)C1(C#N)CCCCC1. The molecular formula is C16H28N2O. The van der Waals surface area contributed by atoms with Crippen molar-refractivity contribution in [2.24, 2.45) is 11.3 Å². The molecule has 1 atom stereocenters. The van der Waals surface area contributed by atoms with Gasteiger partial charge in [0.2, 0.25) is 5.91 Å². The van der Waals surface area contributed by atoms with E-state index in [-0.39, 0.29) is 11.9 Å². The first-order valence-electron chi connectivity index (χ1n) is 7.72. The molecule has 108 valence electrons. The summed E-state index contributed by atoms with van der Waals surface area (Å²) in [6, 6.07) is 2.46. The summed E-state index contributed by atoms with van der Waals surface area (Å²) in [5.41, 5.74) is -0.745. The zero-order chi connectivity index (χ0) is 14.3. The Balaban J connectivity index is 2.42. The first kappa shape index (κ1) is 16.0. The summed E-state index contributed by atoms with van der Waals surface area (Å²) >= 11 is 0. The van der Waals surface area contributed by atoms with Gasteiger partial charge in [0.15, 0.2) is 0 Å².